The number of carbonyl (C=O) groups excluding carboxylic acids is 2. The van der Waals surface area contributed by atoms with E-state index in [0.717, 1.165) is 16.5 Å². The summed E-state index contributed by atoms with van der Waals surface area (Å²) in [4.78, 5) is 29.9. The maximum absolute atomic E-state index is 12.8. The molecule has 0 saturated carbocycles. The van der Waals surface area contributed by atoms with Crippen molar-refractivity contribution in [2.45, 2.75) is 34.6 Å². The van der Waals surface area contributed by atoms with Crippen molar-refractivity contribution in [3.8, 4) is 22.4 Å². The van der Waals surface area contributed by atoms with E-state index in [0.29, 0.717) is 42.6 Å². The molecule has 0 saturated heterocycles. The molecule has 176 valence electrons. The van der Waals surface area contributed by atoms with Gasteiger partial charge in [-0.25, -0.2) is 9.78 Å². The Hall–Kier alpha value is -3.33. The number of carbonyl (C=O) groups is 2. The molecule has 0 amide bonds. The fourth-order valence-corrected chi connectivity index (χ4v) is 4.22. The van der Waals surface area contributed by atoms with Crippen LogP contribution in [0.15, 0.2) is 29.8 Å². The summed E-state index contributed by atoms with van der Waals surface area (Å²) in [6.45, 7) is 10.1. The van der Waals surface area contributed by atoms with Crippen molar-refractivity contribution in [1.82, 2.24) is 9.55 Å². The van der Waals surface area contributed by atoms with Gasteiger partial charge in [-0.05, 0) is 52.8 Å². The van der Waals surface area contributed by atoms with Gasteiger partial charge >= 0.3 is 5.97 Å². The summed E-state index contributed by atoms with van der Waals surface area (Å²) in [6.07, 6.45) is 1.71. The second kappa shape index (κ2) is 11.0. The van der Waals surface area contributed by atoms with E-state index in [-0.39, 0.29) is 18.0 Å². The molecule has 3 aromatic rings. The summed E-state index contributed by atoms with van der Waals surface area (Å²) in [5.74, 6) is 0.261. The zero-order valence-corrected chi connectivity index (χ0v) is 20.3. The third kappa shape index (κ3) is 5.36. The summed E-state index contributed by atoms with van der Waals surface area (Å²) >= 11 is 1.48. The first-order valence-electron chi connectivity index (χ1n) is 10.8. The Bertz CT molecular complexity index is 1090. The van der Waals surface area contributed by atoms with Gasteiger partial charge in [-0.15, -0.1) is 11.3 Å². The first-order valence-corrected chi connectivity index (χ1v) is 11.6. The molecule has 0 aliphatic heterocycles. The van der Waals surface area contributed by atoms with Crippen LogP contribution in [0, 0.1) is 13.8 Å². The van der Waals surface area contributed by atoms with Gasteiger partial charge in [0.05, 0.1) is 25.4 Å². The molecule has 0 spiro atoms. The second-order valence-corrected chi connectivity index (χ2v) is 7.91. The lowest BCUT2D eigenvalue weighted by Gasteiger charge is -2.16. The molecule has 1 aromatic carbocycles. The molecular weight excluding hydrogens is 444 g/mol. The molecular formula is C24H28N2O6S. The summed E-state index contributed by atoms with van der Waals surface area (Å²) < 4.78 is 24.2. The first-order chi connectivity index (χ1) is 15.9. The number of ketones is 1. The number of hydrogen-bond donors (Lipinski definition) is 0. The molecule has 2 heterocycles. The summed E-state index contributed by atoms with van der Waals surface area (Å²) in [7, 11) is 0. The molecule has 0 aliphatic carbocycles. The molecule has 3 rings (SSSR count). The summed E-state index contributed by atoms with van der Waals surface area (Å²) in [5.41, 5.74) is 2.34. The van der Waals surface area contributed by atoms with Crippen LogP contribution >= 0.6 is 11.3 Å². The minimum absolute atomic E-state index is 0.214. The molecule has 0 atom stereocenters. The van der Waals surface area contributed by atoms with Gasteiger partial charge in [0, 0.05) is 28.5 Å². The van der Waals surface area contributed by atoms with Gasteiger partial charge in [-0.2, -0.15) is 0 Å². The van der Waals surface area contributed by atoms with E-state index in [4.69, 9.17) is 18.9 Å². The number of esters is 1. The quantitative estimate of drug-likeness (QED) is 0.293. The van der Waals surface area contributed by atoms with Crippen LogP contribution in [0.5, 0.6) is 17.2 Å². The van der Waals surface area contributed by atoms with Gasteiger partial charge in [0.1, 0.15) is 0 Å². The van der Waals surface area contributed by atoms with Crippen molar-refractivity contribution < 1.29 is 28.5 Å². The average molecular weight is 473 g/mol. The normalized spacial score (nSPS) is 10.7. The number of aryl methyl sites for hydroxylation is 1. The molecule has 2 aromatic heterocycles. The molecule has 0 radical (unpaired) electrons. The molecule has 0 bridgehead atoms. The van der Waals surface area contributed by atoms with Crippen molar-refractivity contribution >= 4 is 23.1 Å². The van der Waals surface area contributed by atoms with Crippen LogP contribution in [-0.2, 0) is 4.74 Å². The Morgan fingerprint density at radius 1 is 0.970 bits per heavy atom. The van der Waals surface area contributed by atoms with E-state index in [2.05, 4.69) is 4.98 Å². The van der Waals surface area contributed by atoms with Gasteiger partial charge in [0.25, 0.3) is 0 Å². The number of rotatable bonds is 11. The monoisotopic (exact) mass is 472 g/mol. The zero-order chi connectivity index (χ0) is 24.0. The Balaban J connectivity index is 1.79. The maximum atomic E-state index is 12.8. The zero-order valence-electron chi connectivity index (χ0n) is 19.5. The van der Waals surface area contributed by atoms with E-state index in [1.807, 2.05) is 44.6 Å². The van der Waals surface area contributed by atoms with Crippen molar-refractivity contribution in [2.24, 2.45) is 0 Å². The van der Waals surface area contributed by atoms with Gasteiger partial charge in [0.15, 0.2) is 23.2 Å². The SMILES string of the molecule is CCOc1cc(C(=O)OCC(=O)c2cc(C)n(-c3nccs3)c2C)cc(OCC)c1OCC. The van der Waals surface area contributed by atoms with Crippen molar-refractivity contribution in [1.29, 1.82) is 0 Å². The molecule has 0 unspecified atom stereocenters. The Morgan fingerprint density at radius 2 is 1.61 bits per heavy atom. The summed E-state index contributed by atoms with van der Waals surface area (Å²) in [6, 6.07) is 4.86. The Labute approximate surface area is 197 Å². The largest absolute Gasteiger partial charge is 0.490 e. The van der Waals surface area contributed by atoms with Crippen molar-refractivity contribution in [3.05, 3.63) is 52.3 Å². The average Bonchev–Trinajstić information content (AvgIpc) is 3.41. The maximum Gasteiger partial charge on any atom is 0.338 e. The van der Waals surface area contributed by atoms with E-state index < -0.39 is 5.97 Å². The number of nitrogens with zero attached hydrogens (tertiary/aromatic N) is 2. The van der Waals surface area contributed by atoms with Gasteiger partial charge < -0.3 is 18.9 Å². The smallest absolute Gasteiger partial charge is 0.338 e. The van der Waals surface area contributed by atoms with E-state index >= 15 is 0 Å². The van der Waals surface area contributed by atoms with Crippen molar-refractivity contribution in [2.75, 3.05) is 26.4 Å². The Kier molecular flexibility index (Phi) is 8.11. The fourth-order valence-electron chi connectivity index (χ4n) is 3.46. The highest BCUT2D eigenvalue weighted by atomic mass is 32.1. The number of thiazole rings is 1. The lowest BCUT2D eigenvalue weighted by atomic mass is 10.1. The molecule has 0 aliphatic rings. The highest BCUT2D eigenvalue weighted by Crippen LogP contribution is 2.39. The fraction of sp³-hybridized carbons (Fsp3) is 0.375. The minimum Gasteiger partial charge on any atom is -0.490 e. The predicted octanol–water partition coefficient (Wildman–Crippen LogP) is 4.79. The summed E-state index contributed by atoms with van der Waals surface area (Å²) in [5, 5.41) is 2.66. The van der Waals surface area contributed by atoms with E-state index in [9.17, 15) is 9.59 Å². The lowest BCUT2D eigenvalue weighted by Crippen LogP contribution is -2.15. The molecule has 33 heavy (non-hydrogen) atoms. The lowest BCUT2D eigenvalue weighted by molar-refractivity contribution is 0.0473. The minimum atomic E-state index is -0.651. The number of hydrogen-bond acceptors (Lipinski definition) is 8. The topological polar surface area (TPSA) is 88.9 Å². The molecule has 8 nitrogen and oxygen atoms in total. The van der Waals surface area contributed by atoms with Crippen LogP contribution in [0.1, 0.15) is 52.9 Å². The van der Waals surface area contributed by atoms with Gasteiger partial charge in [0.2, 0.25) is 11.5 Å². The third-order valence-electron chi connectivity index (χ3n) is 4.82. The van der Waals surface area contributed by atoms with Crippen LogP contribution in [0.3, 0.4) is 0 Å². The van der Waals surface area contributed by atoms with Crippen LogP contribution in [0.4, 0.5) is 0 Å². The van der Waals surface area contributed by atoms with Gasteiger partial charge in [-0.3, -0.25) is 9.36 Å². The molecule has 9 heteroatoms. The molecule has 0 N–H and O–H groups in total. The number of aromatic nitrogens is 2. The van der Waals surface area contributed by atoms with E-state index in [1.54, 1.807) is 12.3 Å². The second-order valence-electron chi connectivity index (χ2n) is 7.03. The van der Waals surface area contributed by atoms with Crippen LogP contribution < -0.4 is 14.2 Å². The van der Waals surface area contributed by atoms with Crippen LogP contribution in [0.25, 0.3) is 5.13 Å². The van der Waals surface area contributed by atoms with Crippen LogP contribution in [0.2, 0.25) is 0 Å². The highest BCUT2D eigenvalue weighted by molar-refractivity contribution is 7.12. The first kappa shape index (κ1) is 24.3. The standard InChI is InChI=1S/C24H28N2O6S/c1-6-29-20-12-17(13-21(30-7-2)22(20)31-8-3)23(28)32-14-19(27)18-11-15(4)26(16(18)5)24-25-9-10-33-24/h9-13H,6-8,14H2,1-5H3. The highest BCUT2D eigenvalue weighted by Gasteiger charge is 2.22. The predicted molar refractivity (Wildman–Crippen MR) is 125 cm³/mol. The van der Waals surface area contributed by atoms with Crippen molar-refractivity contribution in [3.63, 3.8) is 0 Å². The molecule has 0 fully saturated rings. The number of ether oxygens (including phenoxy) is 4. The van der Waals surface area contributed by atoms with Crippen LogP contribution in [-0.4, -0.2) is 47.7 Å². The third-order valence-corrected chi connectivity index (χ3v) is 5.58. The van der Waals surface area contributed by atoms with Gasteiger partial charge in [-0.1, -0.05) is 0 Å². The number of Topliss-reactive ketones (excluding diaryl/α,β-unsaturated/α-hetero) is 1. The number of benzene rings is 1. The van der Waals surface area contributed by atoms with E-state index in [1.165, 1.54) is 23.5 Å². The Morgan fingerprint density at radius 3 is 2.15 bits per heavy atom.